The maximum atomic E-state index is 13.0. The predicted octanol–water partition coefficient (Wildman–Crippen LogP) is 3.87. The Morgan fingerprint density at radius 3 is 2.37 bits per heavy atom. The average Bonchev–Trinajstić information content (AvgIpc) is 2.66. The van der Waals surface area contributed by atoms with Crippen LogP contribution >= 0.6 is 0 Å². The Labute approximate surface area is 163 Å². The Balaban J connectivity index is 1.65. The maximum absolute atomic E-state index is 13.0. The van der Waals surface area contributed by atoms with Crippen molar-refractivity contribution in [3.8, 4) is 0 Å². The minimum atomic E-state index is -0.175. The van der Waals surface area contributed by atoms with Gasteiger partial charge in [0.15, 0.2) is 0 Å². The van der Waals surface area contributed by atoms with E-state index in [1.807, 2.05) is 12.1 Å². The molecule has 2 N–H and O–H groups in total. The standard InChI is InChI=1S/C23H32FN3/c1-23(2,3)20-14-19(15-22(16-20)27-12-10-25-11-13-27)17-26-9-8-18-4-6-21(24)7-5-18/h4-7,14-16,25-26H,8-13,17H2,1-3H3. The molecular weight excluding hydrogens is 337 g/mol. The zero-order valence-electron chi connectivity index (χ0n) is 16.8. The van der Waals surface area contributed by atoms with E-state index >= 15 is 0 Å². The summed E-state index contributed by atoms with van der Waals surface area (Å²) in [6.45, 7) is 12.8. The maximum Gasteiger partial charge on any atom is 0.123 e. The number of piperazine rings is 1. The highest BCUT2D eigenvalue weighted by Gasteiger charge is 2.18. The van der Waals surface area contributed by atoms with E-state index in [9.17, 15) is 4.39 Å². The summed E-state index contributed by atoms with van der Waals surface area (Å²) in [6.07, 6.45) is 0.907. The van der Waals surface area contributed by atoms with Gasteiger partial charge in [-0.25, -0.2) is 4.39 Å². The third-order valence-corrected chi connectivity index (χ3v) is 5.16. The fourth-order valence-corrected chi connectivity index (χ4v) is 3.43. The van der Waals surface area contributed by atoms with Crippen LogP contribution in [0.15, 0.2) is 42.5 Å². The zero-order valence-corrected chi connectivity index (χ0v) is 16.8. The molecule has 0 spiro atoms. The van der Waals surface area contributed by atoms with Gasteiger partial charge in [0, 0.05) is 38.4 Å². The van der Waals surface area contributed by atoms with Gasteiger partial charge in [-0.3, -0.25) is 0 Å². The number of benzene rings is 2. The lowest BCUT2D eigenvalue weighted by atomic mass is 9.85. The van der Waals surface area contributed by atoms with Crippen LogP contribution < -0.4 is 15.5 Å². The van der Waals surface area contributed by atoms with Crippen LogP contribution in [-0.4, -0.2) is 32.7 Å². The summed E-state index contributed by atoms with van der Waals surface area (Å²) in [4.78, 5) is 2.48. The van der Waals surface area contributed by atoms with Crippen LogP contribution in [0.2, 0.25) is 0 Å². The minimum Gasteiger partial charge on any atom is -0.369 e. The quantitative estimate of drug-likeness (QED) is 0.757. The van der Waals surface area contributed by atoms with Gasteiger partial charge in [0.1, 0.15) is 5.82 Å². The molecule has 0 unspecified atom stereocenters. The van der Waals surface area contributed by atoms with E-state index in [0.717, 1.165) is 51.3 Å². The van der Waals surface area contributed by atoms with Gasteiger partial charge in [0.05, 0.1) is 0 Å². The highest BCUT2D eigenvalue weighted by Crippen LogP contribution is 2.28. The molecule has 0 amide bonds. The lowest BCUT2D eigenvalue weighted by Gasteiger charge is -2.31. The summed E-state index contributed by atoms with van der Waals surface area (Å²) in [6, 6.07) is 13.8. The first-order valence-corrected chi connectivity index (χ1v) is 9.97. The fourth-order valence-electron chi connectivity index (χ4n) is 3.43. The number of nitrogens with one attached hydrogen (secondary N) is 2. The van der Waals surface area contributed by atoms with Crippen molar-refractivity contribution >= 4 is 5.69 Å². The number of rotatable bonds is 6. The average molecular weight is 370 g/mol. The van der Waals surface area contributed by atoms with E-state index < -0.39 is 0 Å². The molecule has 0 bridgehead atoms. The lowest BCUT2D eigenvalue weighted by Crippen LogP contribution is -2.43. The summed E-state index contributed by atoms with van der Waals surface area (Å²) in [5, 5.41) is 6.98. The van der Waals surface area contributed by atoms with E-state index in [1.165, 1.54) is 28.9 Å². The van der Waals surface area contributed by atoms with Crippen LogP contribution in [0.4, 0.5) is 10.1 Å². The van der Waals surface area contributed by atoms with Crippen molar-refractivity contribution in [2.75, 3.05) is 37.6 Å². The second kappa shape index (κ2) is 8.85. The molecule has 1 aliphatic rings. The Kier molecular flexibility index (Phi) is 6.51. The van der Waals surface area contributed by atoms with Gasteiger partial charge in [0.2, 0.25) is 0 Å². The number of hydrogen-bond acceptors (Lipinski definition) is 3. The molecule has 2 aromatic rings. The second-order valence-electron chi connectivity index (χ2n) is 8.43. The first kappa shape index (κ1) is 19.8. The highest BCUT2D eigenvalue weighted by molar-refractivity contribution is 5.53. The van der Waals surface area contributed by atoms with Crippen molar-refractivity contribution in [2.45, 2.75) is 39.2 Å². The van der Waals surface area contributed by atoms with Gasteiger partial charge in [-0.1, -0.05) is 39.0 Å². The Morgan fingerprint density at radius 2 is 1.70 bits per heavy atom. The first-order valence-electron chi connectivity index (χ1n) is 9.97. The molecule has 0 saturated carbocycles. The lowest BCUT2D eigenvalue weighted by molar-refractivity contribution is 0.578. The Hall–Kier alpha value is -1.91. The normalized spacial score (nSPS) is 15.2. The monoisotopic (exact) mass is 369 g/mol. The number of hydrogen-bond donors (Lipinski definition) is 2. The van der Waals surface area contributed by atoms with Gasteiger partial charge in [-0.05, 0) is 59.3 Å². The van der Waals surface area contributed by atoms with Crippen molar-refractivity contribution in [3.63, 3.8) is 0 Å². The molecule has 1 saturated heterocycles. The predicted molar refractivity (Wildman–Crippen MR) is 112 cm³/mol. The van der Waals surface area contributed by atoms with Crippen molar-refractivity contribution in [2.24, 2.45) is 0 Å². The van der Waals surface area contributed by atoms with Crippen LogP contribution in [0.3, 0.4) is 0 Å². The van der Waals surface area contributed by atoms with Gasteiger partial charge >= 0.3 is 0 Å². The zero-order chi connectivity index (χ0) is 19.3. The highest BCUT2D eigenvalue weighted by atomic mass is 19.1. The molecular formula is C23H32FN3. The minimum absolute atomic E-state index is 0.132. The summed E-state index contributed by atoms with van der Waals surface area (Å²) < 4.78 is 13.0. The number of halogens is 1. The van der Waals surface area contributed by atoms with Crippen LogP contribution in [0.1, 0.15) is 37.5 Å². The van der Waals surface area contributed by atoms with Gasteiger partial charge in [-0.15, -0.1) is 0 Å². The molecule has 0 radical (unpaired) electrons. The van der Waals surface area contributed by atoms with Crippen LogP contribution in [0, 0.1) is 5.82 Å². The molecule has 1 heterocycles. The van der Waals surface area contributed by atoms with E-state index in [2.05, 4.69) is 54.5 Å². The van der Waals surface area contributed by atoms with Crippen LogP contribution in [-0.2, 0) is 18.4 Å². The van der Waals surface area contributed by atoms with Gasteiger partial charge in [-0.2, -0.15) is 0 Å². The number of anilines is 1. The molecule has 0 aromatic heterocycles. The Morgan fingerprint density at radius 1 is 1.00 bits per heavy atom. The van der Waals surface area contributed by atoms with E-state index in [4.69, 9.17) is 0 Å². The van der Waals surface area contributed by atoms with Crippen molar-refractivity contribution in [3.05, 3.63) is 65.0 Å². The summed E-state index contributed by atoms with van der Waals surface area (Å²) in [7, 11) is 0. The van der Waals surface area contributed by atoms with Crippen molar-refractivity contribution < 1.29 is 4.39 Å². The molecule has 27 heavy (non-hydrogen) atoms. The molecule has 3 rings (SSSR count). The molecule has 1 aliphatic heterocycles. The smallest absolute Gasteiger partial charge is 0.123 e. The molecule has 1 fully saturated rings. The van der Waals surface area contributed by atoms with E-state index in [-0.39, 0.29) is 11.2 Å². The Bertz CT molecular complexity index is 728. The molecule has 2 aromatic carbocycles. The van der Waals surface area contributed by atoms with Gasteiger partial charge in [0.25, 0.3) is 0 Å². The van der Waals surface area contributed by atoms with Crippen LogP contribution in [0.25, 0.3) is 0 Å². The van der Waals surface area contributed by atoms with Gasteiger partial charge < -0.3 is 15.5 Å². The summed E-state index contributed by atoms with van der Waals surface area (Å²) >= 11 is 0. The van der Waals surface area contributed by atoms with E-state index in [0.29, 0.717) is 0 Å². The third kappa shape index (κ3) is 5.78. The van der Waals surface area contributed by atoms with Crippen molar-refractivity contribution in [1.82, 2.24) is 10.6 Å². The fraction of sp³-hybridized carbons (Fsp3) is 0.478. The SMILES string of the molecule is CC(C)(C)c1cc(CNCCc2ccc(F)cc2)cc(N2CCNCC2)c1. The molecule has 0 atom stereocenters. The first-order chi connectivity index (χ1) is 12.9. The second-order valence-corrected chi connectivity index (χ2v) is 8.43. The molecule has 3 nitrogen and oxygen atoms in total. The number of nitrogens with zero attached hydrogens (tertiary/aromatic N) is 1. The van der Waals surface area contributed by atoms with E-state index in [1.54, 1.807) is 0 Å². The topological polar surface area (TPSA) is 27.3 Å². The summed E-state index contributed by atoms with van der Waals surface area (Å²) in [5.74, 6) is -0.175. The van der Waals surface area contributed by atoms with Crippen molar-refractivity contribution in [1.29, 1.82) is 0 Å². The molecule has 4 heteroatoms. The largest absolute Gasteiger partial charge is 0.369 e. The third-order valence-electron chi connectivity index (χ3n) is 5.16. The van der Waals surface area contributed by atoms with Crippen LogP contribution in [0.5, 0.6) is 0 Å². The molecule has 0 aliphatic carbocycles. The molecule has 146 valence electrons. The summed E-state index contributed by atoms with van der Waals surface area (Å²) in [5.41, 5.74) is 5.34.